The van der Waals surface area contributed by atoms with Gasteiger partial charge in [0.15, 0.2) is 5.78 Å². The molecule has 2 aromatic carbocycles. The monoisotopic (exact) mass is 353 g/mol. The number of phenols is 1. The molecular weight excluding hydrogens is 334 g/mol. The molecule has 0 radical (unpaired) electrons. The number of hydroxylamine groups is 1. The number of para-hydroxylation sites is 2. The second-order valence-electron chi connectivity index (χ2n) is 5.79. The number of Topliss-reactive ketones (excluding diaryl/α,β-unsaturated/α-hetero) is 1. The fraction of sp³-hybridized carbons (Fsp3) is 0.158. The Morgan fingerprint density at radius 3 is 2.42 bits per heavy atom. The molecule has 2 aromatic rings. The number of fused-ring (bicyclic) bond motifs is 1. The van der Waals surface area contributed by atoms with Gasteiger partial charge in [-0.15, -0.1) is 0 Å². The van der Waals surface area contributed by atoms with Crippen molar-refractivity contribution in [3.8, 4) is 5.75 Å². The summed E-state index contributed by atoms with van der Waals surface area (Å²) in [6, 6.07) is 13.5. The number of carbonyl (C=O) groups excluding carboxylic acids is 2. The summed E-state index contributed by atoms with van der Waals surface area (Å²) in [6.07, 6.45) is 0. The van der Waals surface area contributed by atoms with Crippen LogP contribution < -0.4 is 16.1 Å². The lowest BCUT2D eigenvalue weighted by atomic mass is 9.96. The maximum atomic E-state index is 12.8. The average Bonchev–Trinajstić information content (AvgIpc) is 2.77. The molecule has 4 N–H and O–H groups in total. The molecule has 26 heavy (non-hydrogen) atoms. The van der Waals surface area contributed by atoms with Gasteiger partial charge < -0.3 is 15.7 Å². The predicted octanol–water partition coefficient (Wildman–Crippen LogP) is 1.97. The quantitative estimate of drug-likeness (QED) is 0.495. The van der Waals surface area contributed by atoms with E-state index in [0.717, 1.165) is 5.56 Å². The lowest BCUT2D eigenvalue weighted by molar-refractivity contribution is -0.119. The van der Waals surface area contributed by atoms with Gasteiger partial charge in [0.1, 0.15) is 17.1 Å². The summed E-state index contributed by atoms with van der Waals surface area (Å²) in [5.41, 5.74) is 4.48. The summed E-state index contributed by atoms with van der Waals surface area (Å²) in [5, 5.41) is 16.1. The topological polar surface area (TPSA) is 99.7 Å². The van der Waals surface area contributed by atoms with Crippen LogP contribution in [-0.4, -0.2) is 23.9 Å². The van der Waals surface area contributed by atoms with Gasteiger partial charge in [-0.1, -0.05) is 36.4 Å². The van der Waals surface area contributed by atoms with Gasteiger partial charge in [0.05, 0.1) is 13.2 Å². The Balaban J connectivity index is 2.17. The molecule has 0 bridgehead atoms. The highest BCUT2D eigenvalue weighted by atomic mass is 16.6. The normalized spacial score (nSPS) is 18.1. The molecule has 7 heteroatoms. The standard InChI is InChI=1S/C19H19N3O4/c1-11(23)16(22-26-2)18-19(25)21-17(13-8-4-6-10-15(13)24)12-7-3-5-9-14(12)20-18/h3-10,17,20,22,24H,1-2H3,(H,21,25)/b18-16+. The van der Waals surface area contributed by atoms with Crippen LogP contribution in [0.25, 0.3) is 0 Å². The molecule has 3 rings (SSSR count). The first-order valence-corrected chi connectivity index (χ1v) is 8.01. The van der Waals surface area contributed by atoms with E-state index < -0.39 is 11.9 Å². The molecule has 1 atom stereocenters. The summed E-state index contributed by atoms with van der Waals surface area (Å²) in [7, 11) is 1.36. The number of ketones is 1. The highest BCUT2D eigenvalue weighted by Gasteiger charge is 2.30. The summed E-state index contributed by atoms with van der Waals surface area (Å²) >= 11 is 0. The zero-order valence-corrected chi connectivity index (χ0v) is 14.4. The van der Waals surface area contributed by atoms with Gasteiger partial charge in [-0.25, -0.2) is 0 Å². The third-order valence-electron chi connectivity index (χ3n) is 4.09. The van der Waals surface area contributed by atoms with Crippen LogP contribution in [0.1, 0.15) is 24.1 Å². The third kappa shape index (κ3) is 3.25. The van der Waals surface area contributed by atoms with Crippen LogP contribution in [0, 0.1) is 0 Å². The van der Waals surface area contributed by atoms with Crippen molar-refractivity contribution < 1.29 is 19.5 Å². The number of benzene rings is 2. The minimum Gasteiger partial charge on any atom is -0.508 e. The van der Waals surface area contributed by atoms with E-state index in [1.165, 1.54) is 14.0 Å². The average molecular weight is 353 g/mol. The van der Waals surface area contributed by atoms with Crippen molar-refractivity contribution in [1.82, 2.24) is 10.8 Å². The van der Waals surface area contributed by atoms with Crippen molar-refractivity contribution in [1.29, 1.82) is 0 Å². The van der Waals surface area contributed by atoms with Gasteiger partial charge in [0.25, 0.3) is 5.91 Å². The zero-order valence-electron chi connectivity index (χ0n) is 14.4. The van der Waals surface area contributed by atoms with Gasteiger partial charge in [-0.05, 0) is 12.1 Å². The van der Waals surface area contributed by atoms with Gasteiger partial charge in [-0.3, -0.25) is 19.9 Å². The van der Waals surface area contributed by atoms with Gasteiger partial charge >= 0.3 is 0 Å². The summed E-state index contributed by atoms with van der Waals surface area (Å²) in [4.78, 5) is 29.6. The minimum absolute atomic E-state index is 0.0118. The van der Waals surface area contributed by atoms with E-state index in [1.807, 2.05) is 18.2 Å². The number of nitrogens with one attached hydrogen (secondary N) is 3. The van der Waals surface area contributed by atoms with Crippen molar-refractivity contribution in [2.24, 2.45) is 0 Å². The number of carbonyl (C=O) groups is 2. The lowest BCUT2D eigenvalue weighted by Gasteiger charge is -2.19. The van der Waals surface area contributed by atoms with Crippen molar-refractivity contribution >= 4 is 17.4 Å². The van der Waals surface area contributed by atoms with Gasteiger partial charge in [0.2, 0.25) is 0 Å². The molecule has 1 aliphatic rings. The first-order valence-electron chi connectivity index (χ1n) is 8.01. The molecule has 0 aromatic heterocycles. The second-order valence-corrected chi connectivity index (χ2v) is 5.79. The van der Waals surface area contributed by atoms with E-state index in [1.54, 1.807) is 30.3 Å². The number of hydrogen-bond acceptors (Lipinski definition) is 6. The molecule has 134 valence electrons. The first kappa shape index (κ1) is 17.5. The Bertz CT molecular complexity index is 892. The number of amides is 1. The van der Waals surface area contributed by atoms with Crippen LogP contribution in [0.3, 0.4) is 0 Å². The fourth-order valence-corrected chi connectivity index (χ4v) is 2.89. The Morgan fingerprint density at radius 1 is 1.12 bits per heavy atom. The Hall–Kier alpha value is -3.32. The van der Waals surface area contributed by atoms with Crippen LogP contribution in [0.2, 0.25) is 0 Å². The SMILES string of the molecule is CON/C(C(C)=O)=C1/Nc2ccccc2C(c2ccccc2O)NC1=O. The van der Waals surface area contributed by atoms with E-state index in [-0.39, 0.29) is 22.9 Å². The first-order chi connectivity index (χ1) is 12.5. The molecular formula is C19H19N3O4. The highest BCUT2D eigenvalue weighted by molar-refractivity contribution is 6.07. The fourth-order valence-electron chi connectivity index (χ4n) is 2.89. The molecule has 1 heterocycles. The number of anilines is 1. The van der Waals surface area contributed by atoms with Crippen molar-refractivity contribution in [2.45, 2.75) is 13.0 Å². The van der Waals surface area contributed by atoms with Crippen LogP contribution in [0.5, 0.6) is 5.75 Å². The maximum absolute atomic E-state index is 12.8. The number of aromatic hydroxyl groups is 1. The molecule has 7 nitrogen and oxygen atoms in total. The second kappa shape index (κ2) is 7.28. The molecule has 1 unspecified atom stereocenters. The van der Waals surface area contributed by atoms with Gasteiger partial charge in [-0.2, -0.15) is 0 Å². The van der Waals surface area contributed by atoms with Crippen LogP contribution in [0.15, 0.2) is 59.9 Å². The van der Waals surface area contributed by atoms with Crippen LogP contribution in [0.4, 0.5) is 5.69 Å². The van der Waals surface area contributed by atoms with E-state index in [0.29, 0.717) is 11.3 Å². The van der Waals surface area contributed by atoms with Crippen LogP contribution >= 0.6 is 0 Å². The maximum Gasteiger partial charge on any atom is 0.270 e. The zero-order chi connectivity index (χ0) is 18.7. The summed E-state index contributed by atoms with van der Waals surface area (Å²) in [5.74, 6) is -0.783. The van der Waals surface area contributed by atoms with Crippen molar-refractivity contribution in [3.63, 3.8) is 0 Å². The number of hydrogen-bond donors (Lipinski definition) is 4. The Labute approximate surface area is 150 Å². The summed E-state index contributed by atoms with van der Waals surface area (Å²) in [6.45, 7) is 1.33. The predicted molar refractivity (Wildman–Crippen MR) is 96.0 cm³/mol. The van der Waals surface area contributed by atoms with E-state index in [2.05, 4.69) is 16.1 Å². The smallest absolute Gasteiger partial charge is 0.270 e. The van der Waals surface area contributed by atoms with Crippen molar-refractivity contribution in [3.05, 3.63) is 71.1 Å². The molecule has 0 spiro atoms. The molecule has 0 fully saturated rings. The molecule has 0 saturated heterocycles. The summed E-state index contributed by atoms with van der Waals surface area (Å²) < 4.78 is 0. The number of allylic oxidation sites excluding steroid dienone is 1. The van der Waals surface area contributed by atoms with Crippen LogP contribution in [-0.2, 0) is 14.4 Å². The van der Waals surface area contributed by atoms with E-state index >= 15 is 0 Å². The Morgan fingerprint density at radius 2 is 1.77 bits per heavy atom. The molecule has 0 saturated carbocycles. The highest BCUT2D eigenvalue weighted by Crippen LogP contribution is 2.35. The third-order valence-corrected chi connectivity index (χ3v) is 4.09. The largest absolute Gasteiger partial charge is 0.508 e. The number of rotatable bonds is 4. The number of phenolic OH excluding ortho intramolecular Hbond substituents is 1. The molecule has 1 amide bonds. The molecule has 1 aliphatic heterocycles. The van der Waals surface area contributed by atoms with E-state index in [4.69, 9.17) is 4.84 Å². The van der Waals surface area contributed by atoms with Crippen molar-refractivity contribution in [2.75, 3.05) is 12.4 Å². The minimum atomic E-state index is -0.583. The van der Waals surface area contributed by atoms with E-state index in [9.17, 15) is 14.7 Å². The Kier molecular flexibility index (Phi) is 4.90. The van der Waals surface area contributed by atoms with Gasteiger partial charge in [0, 0.05) is 23.7 Å². The lowest BCUT2D eigenvalue weighted by Crippen LogP contribution is -2.33. The molecule has 0 aliphatic carbocycles.